The molecule has 0 aliphatic heterocycles. The highest BCUT2D eigenvalue weighted by Gasteiger charge is 2.18. The molecule has 4 rings (SSSR count). The van der Waals surface area contributed by atoms with Crippen molar-refractivity contribution in [2.24, 2.45) is 5.92 Å². The van der Waals surface area contributed by atoms with Crippen molar-refractivity contribution in [3.8, 4) is 6.19 Å². The number of aryl methyl sites for hydroxylation is 1. The molecule has 0 saturated heterocycles. The zero-order valence-electron chi connectivity index (χ0n) is 22.9. The number of ether oxygens (including phenoxy) is 1. The number of nitriles is 1. The summed E-state index contributed by atoms with van der Waals surface area (Å²) in [6, 6.07) is 23.4. The Morgan fingerprint density at radius 1 is 1.00 bits per heavy atom. The Hall–Kier alpha value is -4.37. The molecule has 0 fully saturated rings. The molecule has 3 aromatic carbocycles. The molecule has 0 radical (unpaired) electrons. The van der Waals surface area contributed by atoms with Crippen molar-refractivity contribution < 1.29 is 14.3 Å². The van der Waals surface area contributed by atoms with Gasteiger partial charge >= 0.3 is 5.97 Å². The van der Waals surface area contributed by atoms with Gasteiger partial charge in [-0.25, -0.2) is 0 Å². The van der Waals surface area contributed by atoms with E-state index < -0.39 is 0 Å². The van der Waals surface area contributed by atoms with Gasteiger partial charge in [-0.1, -0.05) is 68.4 Å². The van der Waals surface area contributed by atoms with Crippen molar-refractivity contribution >= 4 is 28.3 Å². The fraction of sp³-hybridized carbons (Fsp3) is 0.303. The zero-order chi connectivity index (χ0) is 27.8. The van der Waals surface area contributed by atoms with Crippen LogP contribution in [0.5, 0.6) is 0 Å². The molecular formula is C33H35N3O3. The van der Waals surface area contributed by atoms with Gasteiger partial charge in [0.15, 0.2) is 12.0 Å². The maximum atomic E-state index is 13.7. The molecule has 6 heteroatoms. The highest BCUT2D eigenvalue weighted by Crippen LogP contribution is 2.26. The number of nitrogens with zero attached hydrogens (tertiary/aromatic N) is 3. The van der Waals surface area contributed by atoms with E-state index in [-0.39, 0.29) is 11.8 Å². The average Bonchev–Trinajstić information content (AvgIpc) is 3.30. The average molecular weight is 522 g/mol. The third-order valence-electron chi connectivity index (χ3n) is 6.67. The van der Waals surface area contributed by atoms with Gasteiger partial charge in [-0.3, -0.25) is 14.5 Å². The summed E-state index contributed by atoms with van der Waals surface area (Å²) < 4.78 is 7.06. The number of rotatable bonds is 12. The van der Waals surface area contributed by atoms with Gasteiger partial charge in [0, 0.05) is 41.2 Å². The van der Waals surface area contributed by atoms with Gasteiger partial charge in [-0.15, -0.1) is 0 Å². The smallest absolute Gasteiger partial charge is 0.305 e. The van der Waals surface area contributed by atoms with Crippen molar-refractivity contribution in [2.45, 2.75) is 53.1 Å². The van der Waals surface area contributed by atoms with Crippen molar-refractivity contribution in [3.05, 3.63) is 101 Å². The van der Waals surface area contributed by atoms with Crippen LogP contribution in [0.15, 0.2) is 79.0 Å². The fourth-order valence-electron chi connectivity index (χ4n) is 4.83. The first-order valence-corrected chi connectivity index (χ1v) is 13.5. The van der Waals surface area contributed by atoms with Crippen LogP contribution in [-0.4, -0.2) is 22.9 Å². The van der Waals surface area contributed by atoms with Crippen LogP contribution in [0.25, 0.3) is 10.9 Å². The number of hydrogen-bond acceptors (Lipinski definition) is 5. The summed E-state index contributed by atoms with van der Waals surface area (Å²) in [6.07, 6.45) is 6.11. The van der Waals surface area contributed by atoms with Gasteiger partial charge in [0.05, 0.1) is 18.8 Å². The number of para-hydroxylation sites is 1. The van der Waals surface area contributed by atoms with E-state index >= 15 is 0 Å². The molecule has 0 atom stereocenters. The van der Waals surface area contributed by atoms with Gasteiger partial charge in [-0.05, 0) is 55.0 Å². The molecule has 0 bridgehead atoms. The van der Waals surface area contributed by atoms with Crippen molar-refractivity contribution in [1.29, 1.82) is 5.26 Å². The first-order valence-electron chi connectivity index (χ1n) is 13.5. The van der Waals surface area contributed by atoms with Crippen LogP contribution in [0.3, 0.4) is 0 Å². The monoisotopic (exact) mass is 521 g/mol. The van der Waals surface area contributed by atoms with Crippen molar-refractivity contribution in [2.75, 3.05) is 11.5 Å². The third-order valence-corrected chi connectivity index (χ3v) is 6.67. The minimum atomic E-state index is -0.212. The Kier molecular flexibility index (Phi) is 9.17. The predicted octanol–water partition coefficient (Wildman–Crippen LogP) is 6.90. The molecule has 1 heterocycles. The highest BCUT2D eigenvalue weighted by molar-refractivity contribution is 6.16. The van der Waals surface area contributed by atoms with Gasteiger partial charge in [0.2, 0.25) is 0 Å². The molecule has 200 valence electrons. The van der Waals surface area contributed by atoms with Crippen LogP contribution in [0.2, 0.25) is 0 Å². The highest BCUT2D eigenvalue weighted by atomic mass is 16.5. The molecule has 39 heavy (non-hydrogen) atoms. The van der Waals surface area contributed by atoms with E-state index in [9.17, 15) is 14.9 Å². The molecule has 0 N–H and O–H groups in total. The molecule has 1 aromatic heterocycles. The topological polar surface area (TPSA) is 75.3 Å². The number of fused-ring (bicyclic) bond motifs is 1. The summed E-state index contributed by atoms with van der Waals surface area (Å²) in [5, 5.41) is 10.8. The molecule has 0 saturated carbocycles. The van der Waals surface area contributed by atoms with Gasteiger partial charge < -0.3 is 9.30 Å². The van der Waals surface area contributed by atoms with Crippen molar-refractivity contribution in [1.82, 2.24) is 4.57 Å². The number of aromatic nitrogens is 1. The number of benzene rings is 3. The molecule has 0 unspecified atom stereocenters. The summed E-state index contributed by atoms with van der Waals surface area (Å²) in [4.78, 5) is 27.1. The minimum absolute atomic E-state index is 0.104. The number of anilines is 1. The first-order chi connectivity index (χ1) is 18.9. The Bertz CT molecular complexity index is 1480. The van der Waals surface area contributed by atoms with Crippen molar-refractivity contribution in [3.63, 3.8) is 0 Å². The predicted molar refractivity (Wildman–Crippen MR) is 154 cm³/mol. The van der Waals surface area contributed by atoms with Crippen LogP contribution in [0, 0.1) is 17.4 Å². The summed E-state index contributed by atoms with van der Waals surface area (Å²) in [6.45, 7) is 7.59. The minimum Gasteiger partial charge on any atom is -0.466 e. The quantitative estimate of drug-likeness (QED) is 0.0877. The largest absolute Gasteiger partial charge is 0.466 e. The van der Waals surface area contributed by atoms with E-state index in [4.69, 9.17) is 4.74 Å². The lowest BCUT2D eigenvalue weighted by atomic mass is 10.0. The summed E-state index contributed by atoms with van der Waals surface area (Å²) in [5.41, 5.74) is 5.06. The number of carbonyl (C=O) groups is 2. The maximum Gasteiger partial charge on any atom is 0.305 e. The molecule has 0 aliphatic rings. The van der Waals surface area contributed by atoms with Crippen LogP contribution in [0.1, 0.15) is 60.7 Å². The normalized spacial score (nSPS) is 10.9. The summed E-state index contributed by atoms with van der Waals surface area (Å²) >= 11 is 0. The first kappa shape index (κ1) is 27.7. The lowest BCUT2D eigenvalue weighted by Gasteiger charge is -2.17. The molecule has 0 amide bonds. The van der Waals surface area contributed by atoms with Gasteiger partial charge in [0.1, 0.15) is 0 Å². The van der Waals surface area contributed by atoms with Gasteiger partial charge in [-0.2, -0.15) is 5.26 Å². The SMILES string of the molecule is CCOC(=O)CCCn1cc(C(=O)c2cccc(N(C#N)Cc3ccc(CC(C)C)cc3)c2)c2ccccc21. The van der Waals surface area contributed by atoms with E-state index in [0.717, 1.165) is 22.9 Å². The summed E-state index contributed by atoms with van der Waals surface area (Å²) in [5.74, 6) is 0.272. The van der Waals surface area contributed by atoms with E-state index in [1.54, 1.807) is 24.0 Å². The van der Waals surface area contributed by atoms with E-state index in [1.807, 2.05) is 47.2 Å². The maximum absolute atomic E-state index is 13.7. The Morgan fingerprint density at radius 2 is 1.74 bits per heavy atom. The number of carbonyl (C=O) groups excluding carboxylic acids is 2. The fourth-order valence-corrected chi connectivity index (χ4v) is 4.83. The Labute approximate surface area is 230 Å². The molecule has 0 spiro atoms. The number of esters is 1. The van der Waals surface area contributed by atoms with E-state index in [2.05, 4.69) is 44.3 Å². The van der Waals surface area contributed by atoms with E-state index in [0.29, 0.717) is 55.3 Å². The zero-order valence-corrected chi connectivity index (χ0v) is 22.9. The molecular weight excluding hydrogens is 486 g/mol. The van der Waals surface area contributed by atoms with Crippen LogP contribution in [-0.2, 0) is 29.0 Å². The third kappa shape index (κ3) is 6.94. The Balaban J connectivity index is 1.54. The van der Waals surface area contributed by atoms with E-state index in [1.165, 1.54) is 5.56 Å². The number of hydrogen-bond donors (Lipinski definition) is 0. The lowest BCUT2D eigenvalue weighted by molar-refractivity contribution is -0.143. The standard InChI is InChI=1S/C33H35N3O3/c1-4-39-32(37)13-8-18-35-22-30(29-11-5-6-12-31(29)35)33(38)27-9-7-10-28(20-27)36(23-34)21-26-16-14-25(15-17-26)19-24(2)3/h5-7,9-12,14-17,20,22,24H,4,8,13,18-19,21H2,1-3H3. The lowest BCUT2D eigenvalue weighted by Crippen LogP contribution is -2.16. The summed E-state index contributed by atoms with van der Waals surface area (Å²) in [7, 11) is 0. The molecule has 4 aromatic rings. The molecule has 0 aliphatic carbocycles. The molecule has 6 nitrogen and oxygen atoms in total. The second kappa shape index (κ2) is 12.9. The number of ketones is 1. The van der Waals surface area contributed by atoms with Crippen LogP contribution < -0.4 is 4.90 Å². The van der Waals surface area contributed by atoms with Gasteiger partial charge in [0.25, 0.3) is 0 Å². The van der Waals surface area contributed by atoms with Crippen LogP contribution >= 0.6 is 0 Å². The second-order valence-electron chi connectivity index (χ2n) is 10.1. The van der Waals surface area contributed by atoms with Crippen LogP contribution in [0.4, 0.5) is 5.69 Å². The second-order valence-corrected chi connectivity index (χ2v) is 10.1. The Morgan fingerprint density at radius 3 is 2.46 bits per heavy atom.